The number of aliphatic imine (C=N–C) groups is 1. The molecule has 0 radical (unpaired) electrons. The first-order valence-electron chi connectivity index (χ1n) is 16.0. The Bertz CT molecular complexity index is 1290. The quantitative estimate of drug-likeness (QED) is 0.0302. The number of aliphatic carboxylic acids is 2. The van der Waals surface area contributed by atoms with Gasteiger partial charge in [0.25, 0.3) is 0 Å². The Morgan fingerprint density at radius 1 is 0.840 bits per heavy atom. The van der Waals surface area contributed by atoms with Crippen molar-refractivity contribution in [2.24, 2.45) is 33.8 Å². The first-order chi connectivity index (χ1) is 23.3. The van der Waals surface area contributed by atoms with Gasteiger partial charge < -0.3 is 64.4 Å². The van der Waals surface area contributed by atoms with Crippen molar-refractivity contribution >= 4 is 53.3 Å². The highest BCUT2D eigenvalue weighted by Crippen LogP contribution is 2.20. The molecule has 21 heteroatoms. The lowest BCUT2D eigenvalue weighted by atomic mass is 10.0. The van der Waals surface area contributed by atoms with Gasteiger partial charge in [-0.25, -0.2) is 4.79 Å². The number of aliphatic hydroxyl groups excluding tert-OH is 1. The van der Waals surface area contributed by atoms with Crippen LogP contribution in [-0.4, -0.2) is 129 Å². The molecule has 1 heterocycles. The van der Waals surface area contributed by atoms with Crippen molar-refractivity contribution in [1.29, 1.82) is 0 Å². The molecule has 15 N–H and O–H groups in total. The molecule has 0 aromatic rings. The third kappa shape index (κ3) is 14.2. The lowest BCUT2D eigenvalue weighted by Gasteiger charge is -2.32. The van der Waals surface area contributed by atoms with Crippen LogP contribution in [0.5, 0.6) is 0 Å². The Balaban J connectivity index is 3.18. The molecule has 0 saturated carbocycles. The van der Waals surface area contributed by atoms with E-state index in [1.807, 2.05) is 0 Å². The molecule has 21 nitrogen and oxygen atoms in total. The van der Waals surface area contributed by atoms with Crippen molar-refractivity contribution < 1.29 is 53.7 Å². The molecule has 50 heavy (non-hydrogen) atoms. The number of nitrogens with zero attached hydrogens (tertiary/aromatic N) is 2. The lowest BCUT2D eigenvalue weighted by Crippen LogP contribution is -2.61. The molecule has 0 aromatic carbocycles. The zero-order chi connectivity index (χ0) is 38.3. The monoisotopic (exact) mass is 714 g/mol. The number of carboxylic acid groups (broad SMARTS) is 2. The number of nitrogens with two attached hydrogens (primary N) is 4. The number of aliphatic hydroxyl groups is 1. The molecular weight excluding hydrogens is 664 g/mol. The minimum absolute atomic E-state index is 0.00527. The van der Waals surface area contributed by atoms with Crippen molar-refractivity contribution in [3.63, 3.8) is 0 Å². The first kappa shape index (κ1) is 43.0. The van der Waals surface area contributed by atoms with Gasteiger partial charge in [0.15, 0.2) is 5.96 Å². The van der Waals surface area contributed by atoms with Gasteiger partial charge in [0, 0.05) is 19.5 Å². The van der Waals surface area contributed by atoms with Crippen LogP contribution < -0.4 is 44.2 Å². The summed E-state index contributed by atoms with van der Waals surface area (Å²) in [4.78, 5) is 105. The molecule has 282 valence electrons. The predicted octanol–water partition coefficient (Wildman–Crippen LogP) is -4.84. The van der Waals surface area contributed by atoms with Gasteiger partial charge in [0.05, 0.1) is 18.6 Å². The Morgan fingerprint density at radius 3 is 1.96 bits per heavy atom. The first-order valence-corrected chi connectivity index (χ1v) is 16.0. The summed E-state index contributed by atoms with van der Waals surface area (Å²) in [6, 6.07) is -8.45. The molecule has 1 saturated heterocycles. The number of hydrogen-bond acceptors (Lipinski definition) is 11. The molecule has 1 rings (SSSR count). The minimum Gasteiger partial charge on any atom is -0.481 e. The zero-order valence-corrected chi connectivity index (χ0v) is 28.3. The summed E-state index contributed by atoms with van der Waals surface area (Å²) in [5.41, 5.74) is 21.5. The smallest absolute Gasteiger partial charge is 0.326 e. The summed E-state index contributed by atoms with van der Waals surface area (Å²) in [5.74, 6) is -8.80. The van der Waals surface area contributed by atoms with E-state index in [2.05, 4.69) is 26.3 Å². The van der Waals surface area contributed by atoms with Gasteiger partial charge >= 0.3 is 11.9 Å². The van der Waals surface area contributed by atoms with Crippen molar-refractivity contribution in [3.05, 3.63) is 0 Å². The van der Waals surface area contributed by atoms with E-state index in [1.165, 1.54) is 6.92 Å². The molecule has 0 spiro atoms. The van der Waals surface area contributed by atoms with Crippen molar-refractivity contribution in [2.75, 3.05) is 13.1 Å². The van der Waals surface area contributed by atoms with Crippen LogP contribution in [0.4, 0.5) is 0 Å². The van der Waals surface area contributed by atoms with Crippen LogP contribution in [0.3, 0.4) is 0 Å². The third-order valence-electron chi connectivity index (χ3n) is 7.74. The number of rotatable bonds is 21. The van der Waals surface area contributed by atoms with E-state index in [0.717, 1.165) is 4.90 Å². The molecule has 1 aliphatic rings. The zero-order valence-electron chi connectivity index (χ0n) is 28.3. The number of hydrogen-bond donors (Lipinski definition) is 11. The van der Waals surface area contributed by atoms with Crippen LogP contribution in [0.2, 0.25) is 0 Å². The van der Waals surface area contributed by atoms with E-state index in [-0.39, 0.29) is 51.2 Å². The second kappa shape index (κ2) is 20.5. The van der Waals surface area contributed by atoms with Gasteiger partial charge in [0.1, 0.15) is 30.2 Å². The van der Waals surface area contributed by atoms with Crippen LogP contribution in [0, 0.1) is 5.92 Å². The van der Waals surface area contributed by atoms with Crippen LogP contribution >= 0.6 is 0 Å². The SMILES string of the molecule is CC(C)[C@H](NC(=O)[C@H](CCCN=C(N)N)NC(=O)[C@@H]1CCCN1C(=O)[C@@H](NC(=O)[C@H](CC(=O)O)NC(=O)[C@@H](N)CCC(N)=O)[C@@H](C)O)C(=O)O. The highest BCUT2D eigenvalue weighted by molar-refractivity contribution is 5.97. The average molecular weight is 715 g/mol. The summed E-state index contributed by atoms with van der Waals surface area (Å²) in [6.07, 6.45) is -2.27. The van der Waals surface area contributed by atoms with E-state index in [9.17, 15) is 53.7 Å². The number of carbonyl (C=O) groups is 8. The fraction of sp³-hybridized carbons (Fsp3) is 0.690. The van der Waals surface area contributed by atoms with Gasteiger partial charge in [-0.1, -0.05) is 13.8 Å². The van der Waals surface area contributed by atoms with E-state index in [4.69, 9.17) is 22.9 Å². The Kier molecular flexibility index (Phi) is 17.6. The second-order valence-electron chi connectivity index (χ2n) is 12.3. The molecule has 0 aliphatic carbocycles. The van der Waals surface area contributed by atoms with Gasteiger partial charge in [-0.3, -0.25) is 38.6 Å². The largest absolute Gasteiger partial charge is 0.481 e. The van der Waals surface area contributed by atoms with E-state index in [1.54, 1.807) is 13.8 Å². The molecule has 7 atom stereocenters. The van der Waals surface area contributed by atoms with Gasteiger partial charge in [-0.15, -0.1) is 0 Å². The maximum atomic E-state index is 13.7. The second-order valence-corrected chi connectivity index (χ2v) is 12.3. The topological polar surface area (TPSA) is 365 Å². The average Bonchev–Trinajstić information content (AvgIpc) is 3.51. The van der Waals surface area contributed by atoms with Crippen LogP contribution in [0.25, 0.3) is 0 Å². The molecule has 1 aliphatic heterocycles. The van der Waals surface area contributed by atoms with Crippen LogP contribution in [-0.2, 0) is 38.4 Å². The number of guanidine groups is 1. The van der Waals surface area contributed by atoms with E-state index >= 15 is 0 Å². The van der Waals surface area contributed by atoms with Gasteiger partial charge in [-0.05, 0) is 44.9 Å². The number of carboxylic acids is 2. The van der Waals surface area contributed by atoms with Gasteiger partial charge in [-0.2, -0.15) is 0 Å². The molecule has 0 bridgehead atoms. The Hall–Kier alpha value is -5.05. The summed E-state index contributed by atoms with van der Waals surface area (Å²) in [5, 5.41) is 38.7. The summed E-state index contributed by atoms with van der Waals surface area (Å²) in [7, 11) is 0. The highest BCUT2D eigenvalue weighted by Gasteiger charge is 2.41. The molecule has 1 fully saturated rings. The maximum absolute atomic E-state index is 13.7. The molecule has 0 unspecified atom stereocenters. The lowest BCUT2D eigenvalue weighted by molar-refractivity contribution is -0.146. The molecule has 0 aromatic heterocycles. The number of primary amides is 1. The fourth-order valence-electron chi connectivity index (χ4n) is 5.02. The standard InChI is InChI=1S/C29H50N10O11/c1-13(2)21(28(49)50)37-24(45)16(6-4-10-34-29(32)33)35-26(47)18-7-5-11-39(18)27(48)22(14(3)40)38-25(46)17(12-20(42)43)36-23(44)15(30)8-9-19(31)41/h13-18,21-22,40H,4-12,30H2,1-3H3,(H2,31,41)(H,35,47)(H,36,44)(H,37,45)(H,38,46)(H,42,43)(H,49,50)(H4,32,33,34)/t14-,15+,16+,17+,18+,21+,22+/m1/s1. The highest BCUT2D eigenvalue weighted by atomic mass is 16.4. The normalized spacial score (nSPS) is 17.6. The molecule has 6 amide bonds. The summed E-state index contributed by atoms with van der Waals surface area (Å²) < 4.78 is 0. The van der Waals surface area contributed by atoms with Crippen LogP contribution in [0.15, 0.2) is 4.99 Å². The van der Waals surface area contributed by atoms with Crippen LogP contribution in [0.1, 0.15) is 65.7 Å². The third-order valence-corrected chi connectivity index (χ3v) is 7.74. The van der Waals surface area contributed by atoms with E-state index < -0.39 is 102 Å². The number of carbonyl (C=O) groups excluding carboxylic acids is 6. The molecular formula is C29H50N10O11. The number of amides is 6. The fourth-order valence-corrected chi connectivity index (χ4v) is 5.02. The number of nitrogens with one attached hydrogen (secondary N) is 4. The van der Waals surface area contributed by atoms with Crippen molar-refractivity contribution in [3.8, 4) is 0 Å². The number of likely N-dealkylation sites (tertiary alicyclic amines) is 1. The maximum Gasteiger partial charge on any atom is 0.326 e. The Morgan fingerprint density at radius 2 is 1.44 bits per heavy atom. The van der Waals surface area contributed by atoms with Gasteiger partial charge in [0.2, 0.25) is 35.4 Å². The van der Waals surface area contributed by atoms with Crippen molar-refractivity contribution in [2.45, 2.75) is 108 Å². The summed E-state index contributed by atoms with van der Waals surface area (Å²) in [6.45, 7) is 4.45. The van der Waals surface area contributed by atoms with E-state index in [0.29, 0.717) is 6.42 Å². The Labute approximate surface area is 288 Å². The minimum atomic E-state index is -1.75. The summed E-state index contributed by atoms with van der Waals surface area (Å²) >= 11 is 0. The van der Waals surface area contributed by atoms with Crippen molar-refractivity contribution in [1.82, 2.24) is 26.2 Å². The predicted molar refractivity (Wildman–Crippen MR) is 175 cm³/mol.